The maximum atomic E-state index is 13.5. The van der Waals surface area contributed by atoms with Gasteiger partial charge in [-0.1, -0.05) is 15.9 Å². The summed E-state index contributed by atoms with van der Waals surface area (Å²) in [5.41, 5.74) is 0.536. The van der Waals surface area contributed by atoms with E-state index >= 15 is 0 Å². The molecule has 1 rings (SSSR count). The van der Waals surface area contributed by atoms with Gasteiger partial charge in [-0.05, 0) is 39.0 Å². The molecule has 5 heteroatoms. The molecule has 1 aromatic rings. The van der Waals surface area contributed by atoms with Crippen LogP contribution in [0.3, 0.4) is 0 Å². The Balaban J connectivity index is 2.54. The van der Waals surface area contributed by atoms with Gasteiger partial charge in [0.25, 0.3) is 0 Å². The van der Waals surface area contributed by atoms with Crippen molar-refractivity contribution in [1.29, 1.82) is 0 Å². The van der Waals surface area contributed by atoms with Crippen molar-refractivity contribution < 1.29 is 9.18 Å². The average molecular weight is 317 g/mol. The van der Waals surface area contributed by atoms with Gasteiger partial charge in [-0.25, -0.2) is 4.39 Å². The van der Waals surface area contributed by atoms with Crippen molar-refractivity contribution in [3.63, 3.8) is 0 Å². The van der Waals surface area contributed by atoms with E-state index in [0.29, 0.717) is 12.1 Å². The first-order valence-corrected chi connectivity index (χ1v) is 6.67. The lowest BCUT2D eigenvalue weighted by molar-refractivity contribution is -0.123. The van der Waals surface area contributed by atoms with Crippen LogP contribution in [0.4, 0.5) is 4.39 Å². The van der Waals surface area contributed by atoms with Crippen molar-refractivity contribution in [3.8, 4) is 0 Å². The van der Waals surface area contributed by atoms with Gasteiger partial charge in [-0.15, -0.1) is 0 Å². The number of rotatable bonds is 5. The first kappa shape index (κ1) is 15.1. The minimum Gasteiger partial charge on any atom is -0.353 e. The van der Waals surface area contributed by atoms with Gasteiger partial charge in [-0.3, -0.25) is 4.79 Å². The van der Waals surface area contributed by atoms with Crippen LogP contribution < -0.4 is 10.6 Å². The molecule has 1 unspecified atom stereocenters. The number of benzene rings is 1. The molecule has 0 aromatic heterocycles. The molecule has 1 aromatic carbocycles. The SMILES string of the molecule is CC(C)NC(=O)C(C)NCc1cc(Br)ccc1F. The van der Waals surface area contributed by atoms with E-state index in [-0.39, 0.29) is 23.8 Å². The van der Waals surface area contributed by atoms with Crippen molar-refractivity contribution in [1.82, 2.24) is 10.6 Å². The number of carbonyl (C=O) groups is 1. The highest BCUT2D eigenvalue weighted by atomic mass is 79.9. The predicted octanol–water partition coefficient (Wildman–Crippen LogP) is 2.59. The Morgan fingerprint density at radius 1 is 1.39 bits per heavy atom. The largest absolute Gasteiger partial charge is 0.353 e. The molecule has 18 heavy (non-hydrogen) atoms. The van der Waals surface area contributed by atoms with Crippen LogP contribution in [0, 0.1) is 5.82 Å². The summed E-state index contributed by atoms with van der Waals surface area (Å²) in [4.78, 5) is 11.6. The van der Waals surface area contributed by atoms with Gasteiger partial charge >= 0.3 is 0 Å². The second-order valence-corrected chi connectivity index (χ2v) is 5.42. The Kier molecular flexibility index (Phi) is 5.75. The van der Waals surface area contributed by atoms with E-state index in [1.807, 2.05) is 13.8 Å². The van der Waals surface area contributed by atoms with Crippen LogP contribution in [0.25, 0.3) is 0 Å². The Labute approximate surface area is 115 Å². The summed E-state index contributed by atoms with van der Waals surface area (Å²) in [5, 5.41) is 5.80. The molecule has 1 atom stereocenters. The Morgan fingerprint density at radius 3 is 2.67 bits per heavy atom. The van der Waals surface area contributed by atoms with Crippen molar-refractivity contribution in [2.24, 2.45) is 0 Å². The van der Waals surface area contributed by atoms with Gasteiger partial charge in [0.2, 0.25) is 5.91 Å². The second-order valence-electron chi connectivity index (χ2n) is 4.50. The monoisotopic (exact) mass is 316 g/mol. The van der Waals surface area contributed by atoms with Gasteiger partial charge in [0.15, 0.2) is 0 Å². The zero-order chi connectivity index (χ0) is 13.7. The topological polar surface area (TPSA) is 41.1 Å². The molecule has 1 amide bonds. The Hall–Kier alpha value is -0.940. The second kappa shape index (κ2) is 6.85. The molecular weight excluding hydrogens is 299 g/mol. The van der Waals surface area contributed by atoms with Crippen molar-refractivity contribution >= 4 is 21.8 Å². The molecule has 0 spiro atoms. The Morgan fingerprint density at radius 2 is 2.06 bits per heavy atom. The van der Waals surface area contributed by atoms with Crippen LogP contribution in [-0.2, 0) is 11.3 Å². The average Bonchev–Trinajstić information content (AvgIpc) is 2.29. The summed E-state index contributed by atoms with van der Waals surface area (Å²) >= 11 is 3.29. The normalized spacial score (nSPS) is 12.6. The number of nitrogens with one attached hydrogen (secondary N) is 2. The first-order valence-electron chi connectivity index (χ1n) is 5.88. The lowest BCUT2D eigenvalue weighted by Gasteiger charge is -2.16. The van der Waals surface area contributed by atoms with Crippen LogP contribution in [0.15, 0.2) is 22.7 Å². The molecule has 100 valence electrons. The molecule has 0 heterocycles. The van der Waals surface area contributed by atoms with Crippen LogP contribution in [0.5, 0.6) is 0 Å². The van der Waals surface area contributed by atoms with Crippen LogP contribution >= 0.6 is 15.9 Å². The van der Waals surface area contributed by atoms with E-state index in [1.54, 1.807) is 19.1 Å². The summed E-state index contributed by atoms with van der Waals surface area (Å²) in [6.45, 7) is 5.88. The zero-order valence-corrected chi connectivity index (χ0v) is 12.3. The number of amides is 1. The summed E-state index contributed by atoms with van der Waals surface area (Å²) in [6.07, 6.45) is 0. The quantitative estimate of drug-likeness (QED) is 0.876. The first-order chi connectivity index (χ1) is 8.40. The summed E-state index contributed by atoms with van der Waals surface area (Å²) in [6, 6.07) is 4.50. The fourth-order valence-electron chi connectivity index (χ4n) is 1.44. The molecule has 0 aliphatic rings. The van der Waals surface area contributed by atoms with Gasteiger partial charge < -0.3 is 10.6 Å². The molecule has 0 aliphatic heterocycles. The molecule has 0 aliphatic carbocycles. The molecular formula is C13H18BrFN2O. The maximum absolute atomic E-state index is 13.5. The minimum atomic E-state index is -0.356. The van der Waals surface area contributed by atoms with E-state index in [2.05, 4.69) is 26.6 Å². The summed E-state index contributed by atoms with van der Waals surface area (Å²) in [7, 11) is 0. The van der Waals surface area contributed by atoms with Crippen LogP contribution in [-0.4, -0.2) is 18.0 Å². The van der Waals surface area contributed by atoms with Crippen LogP contribution in [0.1, 0.15) is 26.3 Å². The highest BCUT2D eigenvalue weighted by Crippen LogP contribution is 2.15. The highest BCUT2D eigenvalue weighted by molar-refractivity contribution is 9.10. The summed E-state index contributed by atoms with van der Waals surface area (Å²) in [5.74, 6) is -0.359. The van der Waals surface area contributed by atoms with Crippen LogP contribution in [0.2, 0.25) is 0 Å². The smallest absolute Gasteiger partial charge is 0.237 e. The van der Waals surface area contributed by atoms with Gasteiger partial charge in [0, 0.05) is 22.6 Å². The fraction of sp³-hybridized carbons (Fsp3) is 0.462. The highest BCUT2D eigenvalue weighted by Gasteiger charge is 2.13. The number of halogens is 2. The number of carbonyl (C=O) groups excluding carboxylic acids is 1. The molecule has 0 bridgehead atoms. The van der Waals surface area contributed by atoms with Gasteiger partial charge in [-0.2, -0.15) is 0 Å². The zero-order valence-electron chi connectivity index (χ0n) is 10.8. The lowest BCUT2D eigenvalue weighted by Crippen LogP contribution is -2.44. The molecule has 0 saturated heterocycles. The van der Waals surface area contributed by atoms with E-state index in [1.165, 1.54) is 6.07 Å². The molecule has 0 saturated carbocycles. The summed E-state index contributed by atoms with van der Waals surface area (Å²) < 4.78 is 14.3. The van der Waals surface area contributed by atoms with Crippen molar-refractivity contribution in [3.05, 3.63) is 34.1 Å². The van der Waals surface area contributed by atoms with E-state index in [4.69, 9.17) is 0 Å². The third kappa shape index (κ3) is 4.74. The Bertz CT molecular complexity index is 423. The minimum absolute atomic E-state index is 0.0830. The molecule has 0 fully saturated rings. The van der Waals surface area contributed by atoms with Gasteiger partial charge in [0.05, 0.1) is 6.04 Å². The van der Waals surface area contributed by atoms with E-state index < -0.39 is 0 Å². The van der Waals surface area contributed by atoms with Crippen molar-refractivity contribution in [2.75, 3.05) is 0 Å². The maximum Gasteiger partial charge on any atom is 0.237 e. The standard InChI is InChI=1S/C13H18BrFN2O/c1-8(2)17-13(18)9(3)16-7-10-6-11(14)4-5-12(10)15/h4-6,8-9,16H,7H2,1-3H3,(H,17,18). The number of hydrogen-bond acceptors (Lipinski definition) is 2. The third-order valence-corrected chi connectivity index (χ3v) is 2.92. The predicted molar refractivity (Wildman–Crippen MR) is 73.7 cm³/mol. The lowest BCUT2D eigenvalue weighted by atomic mass is 10.2. The third-order valence-electron chi connectivity index (χ3n) is 2.43. The van der Waals surface area contributed by atoms with E-state index in [9.17, 15) is 9.18 Å². The van der Waals surface area contributed by atoms with E-state index in [0.717, 1.165) is 4.47 Å². The van der Waals surface area contributed by atoms with Gasteiger partial charge in [0.1, 0.15) is 5.82 Å². The van der Waals surface area contributed by atoms with Crippen molar-refractivity contribution in [2.45, 2.75) is 39.4 Å². The molecule has 0 radical (unpaired) electrons. The molecule has 2 N–H and O–H groups in total. The number of hydrogen-bond donors (Lipinski definition) is 2. The fourth-order valence-corrected chi connectivity index (χ4v) is 1.85. The molecule has 3 nitrogen and oxygen atoms in total.